The Bertz CT molecular complexity index is 540. The number of carbonyl (C=O) groups is 1. The van der Waals surface area contributed by atoms with Gasteiger partial charge in [-0.2, -0.15) is 0 Å². The zero-order valence-corrected chi connectivity index (χ0v) is 13.9. The molecule has 0 N–H and O–H groups in total. The van der Waals surface area contributed by atoms with E-state index in [1.54, 1.807) is 0 Å². The highest BCUT2D eigenvalue weighted by molar-refractivity contribution is 5.77. The third-order valence-corrected chi connectivity index (χ3v) is 4.61. The number of piperidine rings is 1. The molecule has 7 heteroatoms. The Kier molecular flexibility index (Phi) is 4.59. The minimum Gasteiger partial charge on any atom is -0.468 e. The van der Waals surface area contributed by atoms with Gasteiger partial charge < -0.3 is 23.6 Å². The Morgan fingerprint density at radius 3 is 2.52 bits per heavy atom. The lowest BCUT2D eigenvalue weighted by Gasteiger charge is -2.37. The standard InChI is InChI=1S/C16H24N2O5/c1-11(2)14(15(19)20-3)12-10-13(17-23-12)18-6-4-16(5-7-18)21-8-9-22-16/h10-11,14H,4-9H2,1-3H3. The fraction of sp³-hybridized carbons (Fsp3) is 0.750. The average Bonchev–Trinajstić information content (AvgIpc) is 3.18. The number of aromatic nitrogens is 1. The largest absolute Gasteiger partial charge is 0.468 e. The van der Waals surface area contributed by atoms with Crippen LogP contribution in [0.15, 0.2) is 10.6 Å². The normalized spacial score (nSPS) is 21.8. The van der Waals surface area contributed by atoms with Crippen LogP contribution in [0, 0.1) is 5.92 Å². The van der Waals surface area contributed by atoms with Crippen LogP contribution in [0.1, 0.15) is 38.4 Å². The van der Waals surface area contributed by atoms with Gasteiger partial charge in [0.05, 0.1) is 20.3 Å². The van der Waals surface area contributed by atoms with Gasteiger partial charge in [-0.15, -0.1) is 0 Å². The lowest BCUT2D eigenvalue weighted by molar-refractivity contribution is -0.169. The van der Waals surface area contributed by atoms with Gasteiger partial charge in [-0.05, 0) is 5.92 Å². The lowest BCUT2D eigenvalue weighted by Crippen LogP contribution is -2.45. The predicted octanol–water partition coefficient (Wildman–Crippen LogP) is 1.93. The fourth-order valence-corrected chi connectivity index (χ4v) is 3.28. The molecule has 3 heterocycles. The minimum absolute atomic E-state index is 0.0770. The van der Waals surface area contributed by atoms with Crippen molar-refractivity contribution < 1.29 is 23.5 Å². The van der Waals surface area contributed by atoms with E-state index in [-0.39, 0.29) is 11.9 Å². The first-order valence-electron chi connectivity index (χ1n) is 8.12. The predicted molar refractivity (Wildman–Crippen MR) is 82.2 cm³/mol. The summed E-state index contributed by atoms with van der Waals surface area (Å²) in [4.78, 5) is 14.1. The first kappa shape index (κ1) is 16.3. The van der Waals surface area contributed by atoms with Crippen LogP contribution in [0.25, 0.3) is 0 Å². The Morgan fingerprint density at radius 1 is 1.30 bits per heavy atom. The van der Waals surface area contributed by atoms with Gasteiger partial charge in [-0.3, -0.25) is 4.79 Å². The molecule has 0 aliphatic carbocycles. The highest BCUT2D eigenvalue weighted by Gasteiger charge is 2.40. The summed E-state index contributed by atoms with van der Waals surface area (Å²) in [5.41, 5.74) is 0. The molecule has 0 bridgehead atoms. The van der Waals surface area contributed by atoms with Crippen LogP contribution < -0.4 is 4.90 Å². The molecule has 128 valence electrons. The highest BCUT2D eigenvalue weighted by Crippen LogP contribution is 2.34. The van der Waals surface area contributed by atoms with Crippen LogP contribution in [-0.4, -0.2) is 50.3 Å². The summed E-state index contributed by atoms with van der Waals surface area (Å²) in [6.07, 6.45) is 1.61. The maximum Gasteiger partial charge on any atom is 0.316 e. The number of anilines is 1. The van der Waals surface area contributed by atoms with Crippen LogP contribution in [-0.2, 0) is 19.0 Å². The van der Waals surface area contributed by atoms with E-state index in [9.17, 15) is 4.79 Å². The first-order chi connectivity index (χ1) is 11.0. The summed E-state index contributed by atoms with van der Waals surface area (Å²) in [6, 6.07) is 1.84. The van der Waals surface area contributed by atoms with Gasteiger partial charge in [0.25, 0.3) is 0 Å². The first-order valence-corrected chi connectivity index (χ1v) is 8.12. The molecule has 1 aromatic rings. The van der Waals surface area contributed by atoms with E-state index in [0.29, 0.717) is 19.0 Å². The molecule has 2 fully saturated rings. The average molecular weight is 324 g/mol. The molecule has 7 nitrogen and oxygen atoms in total. The molecular formula is C16H24N2O5. The lowest BCUT2D eigenvalue weighted by atomic mass is 9.93. The van der Waals surface area contributed by atoms with Crippen LogP contribution in [0.3, 0.4) is 0 Å². The summed E-state index contributed by atoms with van der Waals surface area (Å²) >= 11 is 0. The number of methoxy groups -OCH3 is 1. The van der Waals surface area contributed by atoms with Crippen molar-refractivity contribution in [2.45, 2.75) is 38.4 Å². The van der Waals surface area contributed by atoms with Gasteiger partial charge in [-0.25, -0.2) is 0 Å². The number of nitrogens with zero attached hydrogens (tertiary/aromatic N) is 2. The molecule has 1 unspecified atom stereocenters. The zero-order chi connectivity index (χ0) is 16.4. The van der Waals surface area contributed by atoms with Gasteiger partial charge in [0.2, 0.25) is 0 Å². The minimum atomic E-state index is -0.432. The molecule has 0 amide bonds. The van der Waals surface area contributed by atoms with Gasteiger partial charge in [0.15, 0.2) is 17.4 Å². The van der Waals surface area contributed by atoms with Crippen molar-refractivity contribution in [2.75, 3.05) is 38.3 Å². The topological polar surface area (TPSA) is 74.0 Å². The second-order valence-electron chi connectivity index (χ2n) is 6.43. The highest BCUT2D eigenvalue weighted by atomic mass is 16.7. The van der Waals surface area contributed by atoms with E-state index >= 15 is 0 Å². The molecule has 23 heavy (non-hydrogen) atoms. The van der Waals surface area contributed by atoms with Crippen molar-refractivity contribution in [3.05, 3.63) is 11.8 Å². The SMILES string of the molecule is COC(=O)C(c1cc(N2CCC3(CC2)OCCO3)no1)C(C)C. The molecule has 1 aromatic heterocycles. The second-order valence-corrected chi connectivity index (χ2v) is 6.43. The molecular weight excluding hydrogens is 300 g/mol. The third-order valence-electron chi connectivity index (χ3n) is 4.61. The van der Waals surface area contributed by atoms with Crippen LogP contribution in [0.4, 0.5) is 5.82 Å². The van der Waals surface area contributed by atoms with Gasteiger partial charge in [-0.1, -0.05) is 19.0 Å². The Labute approximate surface area is 135 Å². The summed E-state index contributed by atoms with van der Waals surface area (Å²) in [5.74, 6) is 0.244. The molecule has 3 rings (SSSR count). The molecule has 1 atom stereocenters. The molecule has 0 saturated carbocycles. The molecule has 2 aliphatic heterocycles. The molecule has 1 spiro atoms. The summed E-state index contributed by atoms with van der Waals surface area (Å²) in [6.45, 7) is 6.84. The molecule has 2 aliphatic rings. The smallest absolute Gasteiger partial charge is 0.316 e. The number of hydrogen-bond donors (Lipinski definition) is 0. The van der Waals surface area contributed by atoms with Gasteiger partial charge in [0.1, 0.15) is 5.92 Å². The van der Waals surface area contributed by atoms with E-state index in [0.717, 1.165) is 31.7 Å². The Morgan fingerprint density at radius 2 is 1.96 bits per heavy atom. The third kappa shape index (κ3) is 3.21. The Hall–Kier alpha value is -1.60. The van der Waals surface area contributed by atoms with Crippen molar-refractivity contribution in [3.63, 3.8) is 0 Å². The molecule has 0 radical (unpaired) electrons. The van der Waals surface area contributed by atoms with E-state index in [4.69, 9.17) is 18.7 Å². The quantitative estimate of drug-likeness (QED) is 0.783. The number of rotatable bonds is 4. The summed E-state index contributed by atoms with van der Waals surface area (Å²) < 4.78 is 21.8. The van der Waals surface area contributed by atoms with E-state index in [1.807, 2.05) is 19.9 Å². The second kappa shape index (κ2) is 6.49. The van der Waals surface area contributed by atoms with E-state index in [1.165, 1.54) is 7.11 Å². The maximum absolute atomic E-state index is 12.0. The monoisotopic (exact) mass is 324 g/mol. The van der Waals surface area contributed by atoms with Gasteiger partial charge >= 0.3 is 5.97 Å². The summed E-state index contributed by atoms with van der Waals surface area (Å²) in [7, 11) is 1.39. The summed E-state index contributed by atoms with van der Waals surface area (Å²) in [5, 5.41) is 4.14. The number of carbonyl (C=O) groups excluding carboxylic acids is 1. The van der Waals surface area contributed by atoms with Crippen molar-refractivity contribution in [3.8, 4) is 0 Å². The molecule has 0 aromatic carbocycles. The fourth-order valence-electron chi connectivity index (χ4n) is 3.28. The van der Waals surface area contributed by atoms with Crippen LogP contribution >= 0.6 is 0 Å². The maximum atomic E-state index is 12.0. The van der Waals surface area contributed by atoms with E-state index in [2.05, 4.69) is 10.1 Å². The Balaban J connectivity index is 1.68. The van der Waals surface area contributed by atoms with Crippen molar-refractivity contribution in [1.82, 2.24) is 5.16 Å². The van der Waals surface area contributed by atoms with Crippen molar-refractivity contribution in [1.29, 1.82) is 0 Å². The van der Waals surface area contributed by atoms with Crippen LogP contribution in [0.5, 0.6) is 0 Å². The van der Waals surface area contributed by atoms with Crippen molar-refractivity contribution >= 4 is 11.8 Å². The number of ether oxygens (including phenoxy) is 3. The zero-order valence-electron chi connectivity index (χ0n) is 13.9. The van der Waals surface area contributed by atoms with Gasteiger partial charge in [0, 0.05) is 32.0 Å². The number of hydrogen-bond acceptors (Lipinski definition) is 7. The van der Waals surface area contributed by atoms with Crippen LogP contribution in [0.2, 0.25) is 0 Å². The number of esters is 1. The molecule has 2 saturated heterocycles. The van der Waals surface area contributed by atoms with Crippen molar-refractivity contribution in [2.24, 2.45) is 5.92 Å². The van der Waals surface area contributed by atoms with E-state index < -0.39 is 11.7 Å².